The van der Waals surface area contributed by atoms with Gasteiger partial charge in [0.2, 0.25) is 0 Å². The molecule has 5 rings (SSSR count). The van der Waals surface area contributed by atoms with Crippen LogP contribution < -0.4 is 0 Å². The number of rotatable bonds is 3. The lowest BCUT2D eigenvalue weighted by atomic mass is 9.94. The molecule has 0 spiro atoms. The van der Waals surface area contributed by atoms with Crippen molar-refractivity contribution in [1.29, 1.82) is 0 Å². The fourth-order valence-electron chi connectivity index (χ4n) is 4.69. The van der Waals surface area contributed by atoms with E-state index in [4.69, 9.17) is 4.74 Å². The van der Waals surface area contributed by atoms with Crippen LogP contribution in [-0.4, -0.2) is 35.2 Å². The van der Waals surface area contributed by atoms with Gasteiger partial charge in [0.05, 0.1) is 5.56 Å². The van der Waals surface area contributed by atoms with Gasteiger partial charge in [-0.1, -0.05) is 48.5 Å². The number of halogens is 1. The minimum absolute atomic E-state index is 0.0375. The van der Waals surface area contributed by atoms with Crippen molar-refractivity contribution in [3.63, 3.8) is 0 Å². The second-order valence-corrected chi connectivity index (χ2v) is 7.87. The summed E-state index contributed by atoms with van der Waals surface area (Å²) in [6.07, 6.45) is -0.129. The second kappa shape index (κ2) is 7.54. The Morgan fingerprint density at radius 2 is 1.68 bits per heavy atom. The highest BCUT2D eigenvalue weighted by atomic mass is 19.1. The SMILES string of the molecule is O=C(O)c1cc(F)cc2c1CCN(C(=O)OCC1c3ccccc3-c3ccccc31)C2. The molecule has 1 amide bonds. The van der Waals surface area contributed by atoms with E-state index in [-0.39, 0.29) is 24.6 Å². The Morgan fingerprint density at radius 1 is 1.03 bits per heavy atom. The van der Waals surface area contributed by atoms with Crippen molar-refractivity contribution in [3.8, 4) is 11.1 Å². The Kier molecular flexibility index (Phi) is 4.70. The number of aromatic carboxylic acids is 1. The number of carbonyl (C=O) groups excluding carboxylic acids is 1. The fourth-order valence-corrected chi connectivity index (χ4v) is 4.69. The first-order valence-corrected chi connectivity index (χ1v) is 10.2. The summed E-state index contributed by atoms with van der Waals surface area (Å²) in [4.78, 5) is 25.7. The zero-order chi connectivity index (χ0) is 21.5. The molecule has 31 heavy (non-hydrogen) atoms. The van der Waals surface area contributed by atoms with Gasteiger partial charge in [0.15, 0.2) is 0 Å². The number of hydrogen-bond donors (Lipinski definition) is 1. The maximum absolute atomic E-state index is 13.9. The molecular formula is C25H20FNO4. The summed E-state index contributed by atoms with van der Waals surface area (Å²) in [5.41, 5.74) is 5.63. The van der Waals surface area contributed by atoms with Gasteiger partial charge >= 0.3 is 12.1 Å². The van der Waals surface area contributed by atoms with Gasteiger partial charge in [-0.15, -0.1) is 0 Å². The predicted molar refractivity (Wildman–Crippen MR) is 113 cm³/mol. The van der Waals surface area contributed by atoms with Gasteiger partial charge in [-0.2, -0.15) is 0 Å². The molecular weight excluding hydrogens is 397 g/mol. The first-order chi connectivity index (χ1) is 15.0. The van der Waals surface area contributed by atoms with E-state index < -0.39 is 17.9 Å². The number of nitrogens with zero attached hydrogens (tertiary/aromatic N) is 1. The fraction of sp³-hybridized carbons (Fsp3) is 0.200. The average molecular weight is 417 g/mol. The van der Waals surface area contributed by atoms with Gasteiger partial charge in [0.25, 0.3) is 0 Å². The molecule has 0 unspecified atom stereocenters. The summed E-state index contributed by atoms with van der Waals surface area (Å²) in [5, 5.41) is 9.33. The third kappa shape index (κ3) is 3.34. The number of carboxylic acids is 1. The molecule has 1 heterocycles. The third-order valence-electron chi connectivity index (χ3n) is 6.12. The van der Waals surface area contributed by atoms with Gasteiger partial charge in [-0.05, 0) is 51.9 Å². The van der Waals surface area contributed by atoms with Gasteiger partial charge in [0.1, 0.15) is 12.4 Å². The summed E-state index contributed by atoms with van der Waals surface area (Å²) in [7, 11) is 0. The number of hydrogen-bond acceptors (Lipinski definition) is 3. The normalized spacial score (nSPS) is 14.5. The minimum Gasteiger partial charge on any atom is -0.478 e. The lowest BCUT2D eigenvalue weighted by molar-refractivity contribution is 0.0694. The van der Waals surface area contributed by atoms with E-state index in [1.165, 1.54) is 11.0 Å². The van der Waals surface area contributed by atoms with Crippen molar-refractivity contribution in [3.05, 3.63) is 94.3 Å². The van der Waals surface area contributed by atoms with E-state index in [2.05, 4.69) is 24.3 Å². The van der Waals surface area contributed by atoms with Crippen LogP contribution in [0.3, 0.4) is 0 Å². The molecule has 156 valence electrons. The van der Waals surface area contributed by atoms with Gasteiger partial charge in [-0.25, -0.2) is 14.0 Å². The van der Waals surface area contributed by atoms with Crippen molar-refractivity contribution >= 4 is 12.1 Å². The predicted octanol–water partition coefficient (Wildman–Crippen LogP) is 4.83. The number of ether oxygens (including phenoxy) is 1. The van der Waals surface area contributed by atoms with E-state index in [1.807, 2.05) is 24.3 Å². The molecule has 1 N–H and O–H groups in total. The summed E-state index contributed by atoms with van der Waals surface area (Å²) in [5.74, 6) is -1.82. The largest absolute Gasteiger partial charge is 0.478 e. The highest BCUT2D eigenvalue weighted by Crippen LogP contribution is 2.44. The molecule has 3 aromatic carbocycles. The van der Waals surface area contributed by atoms with Crippen LogP contribution in [0.4, 0.5) is 9.18 Å². The minimum atomic E-state index is -1.16. The van der Waals surface area contributed by atoms with Crippen LogP contribution in [0.2, 0.25) is 0 Å². The Hall–Kier alpha value is -3.67. The molecule has 6 heteroatoms. The Balaban J connectivity index is 1.33. The van der Waals surface area contributed by atoms with Crippen molar-refractivity contribution in [2.45, 2.75) is 18.9 Å². The maximum atomic E-state index is 13.9. The number of amides is 1. The lowest BCUT2D eigenvalue weighted by Gasteiger charge is -2.29. The van der Waals surface area contributed by atoms with Crippen LogP contribution in [0.15, 0.2) is 60.7 Å². The second-order valence-electron chi connectivity index (χ2n) is 7.87. The maximum Gasteiger partial charge on any atom is 0.410 e. The molecule has 0 fully saturated rings. The smallest absolute Gasteiger partial charge is 0.410 e. The first-order valence-electron chi connectivity index (χ1n) is 10.2. The van der Waals surface area contributed by atoms with E-state index in [9.17, 15) is 19.1 Å². The van der Waals surface area contributed by atoms with Crippen molar-refractivity contribution < 1.29 is 23.8 Å². The zero-order valence-electron chi connectivity index (χ0n) is 16.7. The number of benzene rings is 3. The standard InChI is InChI=1S/C25H20FNO4/c26-16-11-15-13-27(10-9-17(15)22(12-16)24(28)29)25(30)31-14-23-20-7-3-1-5-18(20)19-6-2-4-8-21(19)23/h1-8,11-12,23H,9-10,13-14H2,(H,28,29). The summed E-state index contributed by atoms with van der Waals surface area (Å²) >= 11 is 0. The van der Waals surface area contributed by atoms with Crippen LogP contribution in [0, 0.1) is 5.82 Å². The molecule has 2 aliphatic rings. The monoisotopic (exact) mass is 417 g/mol. The molecule has 0 saturated heterocycles. The molecule has 0 radical (unpaired) electrons. The number of carboxylic acid groups (broad SMARTS) is 1. The van der Waals surface area contributed by atoms with Crippen LogP contribution in [0.5, 0.6) is 0 Å². The van der Waals surface area contributed by atoms with Crippen molar-refractivity contribution in [2.24, 2.45) is 0 Å². The van der Waals surface area contributed by atoms with Crippen LogP contribution in [0.25, 0.3) is 11.1 Å². The van der Waals surface area contributed by atoms with E-state index in [1.54, 1.807) is 0 Å². The zero-order valence-corrected chi connectivity index (χ0v) is 16.7. The van der Waals surface area contributed by atoms with Crippen LogP contribution in [0.1, 0.15) is 38.5 Å². The molecule has 0 atom stereocenters. The van der Waals surface area contributed by atoms with E-state index in [0.29, 0.717) is 24.1 Å². The molecule has 3 aromatic rings. The molecule has 1 aliphatic carbocycles. The average Bonchev–Trinajstić information content (AvgIpc) is 3.10. The highest BCUT2D eigenvalue weighted by molar-refractivity contribution is 5.90. The Labute approximate surface area is 178 Å². The Morgan fingerprint density at radius 3 is 2.32 bits per heavy atom. The van der Waals surface area contributed by atoms with Crippen LogP contribution in [-0.2, 0) is 17.7 Å². The van der Waals surface area contributed by atoms with Crippen LogP contribution >= 0.6 is 0 Å². The summed E-state index contributed by atoms with van der Waals surface area (Å²) < 4.78 is 19.6. The highest BCUT2D eigenvalue weighted by Gasteiger charge is 2.31. The van der Waals surface area contributed by atoms with Gasteiger partial charge in [0, 0.05) is 19.0 Å². The van der Waals surface area contributed by atoms with Crippen molar-refractivity contribution in [1.82, 2.24) is 4.90 Å². The molecule has 0 bridgehead atoms. The Bertz CT molecular complexity index is 1160. The molecule has 5 nitrogen and oxygen atoms in total. The molecule has 0 aromatic heterocycles. The molecule has 1 aliphatic heterocycles. The van der Waals surface area contributed by atoms with Gasteiger partial charge < -0.3 is 14.7 Å². The lowest BCUT2D eigenvalue weighted by Crippen LogP contribution is -2.37. The quantitative estimate of drug-likeness (QED) is 0.663. The summed E-state index contributed by atoms with van der Waals surface area (Å²) in [6, 6.07) is 18.6. The number of carbonyl (C=O) groups is 2. The summed E-state index contributed by atoms with van der Waals surface area (Å²) in [6.45, 7) is 0.666. The van der Waals surface area contributed by atoms with E-state index >= 15 is 0 Å². The third-order valence-corrected chi connectivity index (χ3v) is 6.12. The topological polar surface area (TPSA) is 66.8 Å². The molecule has 0 saturated carbocycles. The first kappa shape index (κ1) is 19.3. The number of fused-ring (bicyclic) bond motifs is 4. The van der Waals surface area contributed by atoms with Crippen molar-refractivity contribution in [2.75, 3.05) is 13.2 Å². The van der Waals surface area contributed by atoms with E-state index in [0.717, 1.165) is 28.3 Å². The van der Waals surface area contributed by atoms with Gasteiger partial charge in [-0.3, -0.25) is 0 Å².